The molecule has 0 amide bonds. The molecule has 0 radical (unpaired) electrons. The van der Waals surface area contributed by atoms with Crippen LogP contribution in [0, 0.1) is 0 Å². The highest BCUT2D eigenvalue weighted by Gasteiger charge is 2.28. The van der Waals surface area contributed by atoms with Crippen LogP contribution in [0.15, 0.2) is 33.9 Å². The van der Waals surface area contributed by atoms with E-state index in [0.29, 0.717) is 12.0 Å². The normalized spacial score (nSPS) is 23.8. The van der Waals surface area contributed by atoms with Gasteiger partial charge in [-0.1, -0.05) is 33.2 Å². The van der Waals surface area contributed by atoms with E-state index in [-0.39, 0.29) is 0 Å². The standard InChI is InChI=1S/C14H16BrNO/c15-12-4-1-3-10(7-12)11-8-13(9-11)16-17-14-5-2-6-14/h1,3-4,7,11,14H,2,5-6,8-9H2. The van der Waals surface area contributed by atoms with Crippen molar-refractivity contribution in [2.45, 2.75) is 44.1 Å². The van der Waals surface area contributed by atoms with Crippen LogP contribution in [-0.2, 0) is 4.84 Å². The molecule has 0 unspecified atom stereocenters. The number of halogens is 1. The van der Waals surface area contributed by atoms with E-state index in [9.17, 15) is 0 Å². The fraction of sp³-hybridized carbons (Fsp3) is 0.500. The second-order valence-electron chi connectivity index (χ2n) is 4.98. The summed E-state index contributed by atoms with van der Waals surface area (Å²) in [6, 6.07) is 8.56. The molecule has 0 heterocycles. The van der Waals surface area contributed by atoms with E-state index in [2.05, 4.69) is 45.4 Å². The predicted octanol–water partition coefficient (Wildman–Crippen LogP) is 4.25. The number of rotatable bonds is 3. The first kappa shape index (κ1) is 11.3. The third kappa shape index (κ3) is 2.54. The zero-order valence-electron chi connectivity index (χ0n) is 9.73. The largest absolute Gasteiger partial charge is 0.393 e. The highest BCUT2D eigenvalue weighted by molar-refractivity contribution is 9.10. The van der Waals surface area contributed by atoms with Gasteiger partial charge in [0.25, 0.3) is 0 Å². The lowest BCUT2D eigenvalue weighted by Crippen LogP contribution is -2.25. The topological polar surface area (TPSA) is 21.6 Å². The summed E-state index contributed by atoms with van der Waals surface area (Å²) in [6.45, 7) is 0. The number of benzene rings is 1. The van der Waals surface area contributed by atoms with Crippen molar-refractivity contribution in [3.05, 3.63) is 34.3 Å². The van der Waals surface area contributed by atoms with Gasteiger partial charge in [0.15, 0.2) is 0 Å². The molecular formula is C14H16BrNO. The van der Waals surface area contributed by atoms with Crippen molar-refractivity contribution in [3.63, 3.8) is 0 Å². The SMILES string of the molecule is Brc1cccc(C2CC(=NOC3CCC3)C2)c1. The van der Waals surface area contributed by atoms with Crippen LogP contribution < -0.4 is 0 Å². The summed E-state index contributed by atoms with van der Waals surface area (Å²) in [5.74, 6) is 0.635. The molecule has 3 heteroatoms. The maximum absolute atomic E-state index is 5.47. The van der Waals surface area contributed by atoms with Crippen molar-refractivity contribution >= 4 is 21.6 Å². The van der Waals surface area contributed by atoms with Gasteiger partial charge in [-0.05, 0) is 55.7 Å². The Bertz CT molecular complexity index is 432. The summed E-state index contributed by atoms with van der Waals surface area (Å²) in [4.78, 5) is 5.47. The van der Waals surface area contributed by atoms with E-state index in [1.807, 2.05) is 0 Å². The minimum Gasteiger partial charge on any atom is -0.393 e. The lowest BCUT2D eigenvalue weighted by molar-refractivity contribution is 0.00453. The number of nitrogens with zero attached hydrogens (tertiary/aromatic N) is 1. The lowest BCUT2D eigenvalue weighted by atomic mass is 9.78. The maximum Gasteiger partial charge on any atom is 0.127 e. The summed E-state index contributed by atoms with van der Waals surface area (Å²) in [6.07, 6.45) is 6.20. The Morgan fingerprint density at radius 3 is 2.71 bits per heavy atom. The molecule has 90 valence electrons. The smallest absolute Gasteiger partial charge is 0.127 e. The van der Waals surface area contributed by atoms with Crippen LogP contribution in [0.3, 0.4) is 0 Å². The van der Waals surface area contributed by atoms with Gasteiger partial charge < -0.3 is 4.84 Å². The Hall–Kier alpha value is -0.830. The average molecular weight is 294 g/mol. The molecule has 1 aromatic rings. The van der Waals surface area contributed by atoms with Gasteiger partial charge in [-0.15, -0.1) is 0 Å². The molecule has 17 heavy (non-hydrogen) atoms. The fourth-order valence-corrected chi connectivity index (χ4v) is 2.62. The van der Waals surface area contributed by atoms with Gasteiger partial charge in [-0.25, -0.2) is 0 Å². The van der Waals surface area contributed by atoms with Crippen LogP contribution >= 0.6 is 15.9 Å². The molecule has 0 bridgehead atoms. The molecule has 2 fully saturated rings. The Kier molecular flexibility index (Phi) is 3.19. The Labute approximate surface area is 110 Å². The quantitative estimate of drug-likeness (QED) is 0.764. The summed E-state index contributed by atoms with van der Waals surface area (Å²) >= 11 is 3.51. The molecule has 2 aliphatic carbocycles. The monoisotopic (exact) mass is 293 g/mol. The highest BCUT2D eigenvalue weighted by Crippen LogP contribution is 2.36. The second kappa shape index (κ2) is 4.81. The fourth-order valence-electron chi connectivity index (χ4n) is 2.21. The van der Waals surface area contributed by atoms with Gasteiger partial charge in [0.05, 0.1) is 5.71 Å². The zero-order valence-corrected chi connectivity index (χ0v) is 11.3. The van der Waals surface area contributed by atoms with Gasteiger partial charge in [-0.2, -0.15) is 0 Å². The summed E-state index contributed by atoms with van der Waals surface area (Å²) in [7, 11) is 0. The lowest BCUT2D eigenvalue weighted by Gasteiger charge is -2.29. The van der Waals surface area contributed by atoms with Crippen LogP contribution in [0.25, 0.3) is 0 Å². The summed E-state index contributed by atoms with van der Waals surface area (Å²) < 4.78 is 1.16. The third-order valence-electron chi connectivity index (χ3n) is 3.67. The van der Waals surface area contributed by atoms with Crippen molar-refractivity contribution in [2.24, 2.45) is 5.16 Å². The molecule has 0 aromatic heterocycles. The van der Waals surface area contributed by atoms with Crippen molar-refractivity contribution in [1.82, 2.24) is 0 Å². The third-order valence-corrected chi connectivity index (χ3v) is 4.16. The molecular weight excluding hydrogens is 278 g/mol. The predicted molar refractivity (Wildman–Crippen MR) is 72.3 cm³/mol. The number of oxime groups is 1. The molecule has 2 aliphatic rings. The Balaban J connectivity index is 1.53. The van der Waals surface area contributed by atoms with Gasteiger partial charge in [0.2, 0.25) is 0 Å². The van der Waals surface area contributed by atoms with Gasteiger partial charge >= 0.3 is 0 Å². The van der Waals surface area contributed by atoms with Crippen molar-refractivity contribution < 1.29 is 4.84 Å². The van der Waals surface area contributed by atoms with Crippen LogP contribution in [0.5, 0.6) is 0 Å². The molecule has 2 saturated carbocycles. The van der Waals surface area contributed by atoms with E-state index in [0.717, 1.165) is 17.3 Å². The number of hydrogen-bond donors (Lipinski definition) is 0. The van der Waals surface area contributed by atoms with Crippen molar-refractivity contribution in [3.8, 4) is 0 Å². The van der Waals surface area contributed by atoms with Gasteiger partial charge in [-0.3, -0.25) is 0 Å². The molecule has 0 N–H and O–H groups in total. The van der Waals surface area contributed by atoms with Crippen LogP contribution in [0.1, 0.15) is 43.6 Å². The maximum atomic E-state index is 5.47. The van der Waals surface area contributed by atoms with E-state index in [1.165, 1.54) is 30.5 Å². The summed E-state index contributed by atoms with van der Waals surface area (Å²) in [5, 5.41) is 4.25. The molecule has 3 rings (SSSR count). The minimum absolute atomic E-state index is 0.410. The molecule has 0 spiro atoms. The van der Waals surface area contributed by atoms with Crippen molar-refractivity contribution in [1.29, 1.82) is 0 Å². The molecule has 0 saturated heterocycles. The van der Waals surface area contributed by atoms with Crippen LogP contribution in [0.2, 0.25) is 0 Å². The van der Waals surface area contributed by atoms with E-state index < -0.39 is 0 Å². The Morgan fingerprint density at radius 2 is 2.06 bits per heavy atom. The van der Waals surface area contributed by atoms with Crippen LogP contribution in [-0.4, -0.2) is 11.8 Å². The first-order valence-electron chi connectivity index (χ1n) is 6.28. The number of hydrogen-bond acceptors (Lipinski definition) is 2. The van der Waals surface area contributed by atoms with E-state index >= 15 is 0 Å². The molecule has 2 nitrogen and oxygen atoms in total. The zero-order chi connectivity index (χ0) is 11.7. The molecule has 0 atom stereocenters. The summed E-state index contributed by atoms with van der Waals surface area (Å²) in [5.41, 5.74) is 2.63. The van der Waals surface area contributed by atoms with Gasteiger partial charge in [0.1, 0.15) is 6.10 Å². The Morgan fingerprint density at radius 1 is 1.24 bits per heavy atom. The molecule has 1 aromatic carbocycles. The first-order valence-corrected chi connectivity index (χ1v) is 7.07. The van der Waals surface area contributed by atoms with Crippen LogP contribution in [0.4, 0.5) is 0 Å². The minimum atomic E-state index is 0.410. The van der Waals surface area contributed by atoms with Gasteiger partial charge in [0, 0.05) is 4.47 Å². The second-order valence-corrected chi connectivity index (χ2v) is 5.89. The van der Waals surface area contributed by atoms with E-state index in [1.54, 1.807) is 0 Å². The molecule has 0 aliphatic heterocycles. The average Bonchev–Trinajstić information content (AvgIpc) is 2.18. The van der Waals surface area contributed by atoms with E-state index in [4.69, 9.17) is 4.84 Å². The first-order chi connectivity index (χ1) is 8.31. The van der Waals surface area contributed by atoms with Crippen molar-refractivity contribution in [2.75, 3.05) is 0 Å². The highest BCUT2D eigenvalue weighted by atomic mass is 79.9.